The van der Waals surface area contributed by atoms with E-state index in [1.807, 2.05) is 13.0 Å². The Morgan fingerprint density at radius 1 is 0.677 bits per heavy atom. The van der Waals surface area contributed by atoms with Crippen molar-refractivity contribution in [2.75, 3.05) is 0 Å². The largest absolute Gasteiger partial charge is 0.643 e. The third-order valence-electron chi connectivity index (χ3n) is 5.71. The number of phenols is 2. The summed E-state index contributed by atoms with van der Waals surface area (Å²) in [6.07, 6.45) is 9.71. The van der Waals surface area contributed by atoms with E-state index in [0.29, 0.717) is 16.9 Å². The summed E-state index contributed by atoms with van der Waals surface area (Å²) in [5.74, 6) is 0.688. The van der Waals surface area contributed by atoms with Crippen LogP contribution in [0.4, 0.5) is 0 Å². The lowest BCUT2D eigenvalue weighted by molar-refractivity contribution is 0.0681. The van der Waals surface area contributed by atoms with Crippen LogP contribution in [0.15, 0.2) is 54.6 Å². The molecular formula is C24H34AlCl3O3. The topological polar surface area (TPSA) is 60.7 Å². The van der Waals surface area contributed by atoms with Crippen molar-refractivity contribution < 1.29 is 15.3 Å². The smallest absolute Gasteiger partial charge is 0.508 e. The highest BCUT2D eigenvalue weighted by Crippen LogP contribution is 2.40. The van der Waals surface area contributed by atoms with Gasteiger partial charge >= 0.3 is 11.4 Å². The standard InChI is InChI=1S/C12H16O.C6H12O.C6H6O.Al.3ClH/c1-12(8-2-3-9-12)10-4-6-11(13)7-5-10;1-6(7)4-2-3-5-6;7-6-4-2-1-3-5-6;;;;/h4-7,13H,2-3,8-9H2,1H3;7H,2-5H2,1H3;1-5,7H;;3*1H/q;;;+3;;;/p-3. The number of aromatic hydroxyl groups is 2. The summed E-state index contributed by atoms with van der Waals surface area (Å²) in [7, 11) is 14.8. The van der Waals surface area contributed by atoms with Gasteiger partial charge in [-0.3, -0.25) is 0 Å². The number of benzene rings is 2. The first-order valence-corrected chi connectivity index (χ1v) is 16.0. The van der Waals surface area contributed by atoms with Crippen LogP contribution in [0.2, 0.25) is 0 Å². The van der Waals surface area contributed by atoms with Gasteiger partial charge in [-0.05, 0) is 67.9 Å². The van der Waals surface area contributed by atoms with Gasteiger partial charge in [-0.15, -0.1) is 0 Å². The van der Waals surface area contributed by atoms with Gasteiger partial charge in [0, 0.05) is 0 Å². The van der Waals surface area contributed by atoms with Gasteiger partial charge in [0.2, 0.25) is 0 Å². The predicted octanol–water partition coefficient (Wildman–Crippen LogP) is 7.62. The number of para-hydroxylation sites is 1. The van der Waals surface area contributed by atoms with Gasteiger partial charge in [-0.1, -0.05) is 62.9 Å². The predicted molar refractivity (Wildman–Crippen MR) is 134 cm³/mol. The summed E-state index contributed by atoms with van der Waals surface area (Å²) in [4.78, 5) is 0. The van der Waals surface area contributed by atoms with Crippen molar-refractivity contribution in [2.24, 2.45) is 0 Å². The van der Waals surface area contributed by atoms with E-state index in [-0.39, 0.29) is 5.60 Å². The minimum atomic E-state index is -1.72. The van der Waals surface area contributed by atoms with Crippen molar-refractivity contribution in [3.63, 3.8) is 0 Å². The van der Waals surface area contributed by atoms with Gasteiger partial charge < -0.3 is 15.3 Å². The second-order valence-electron chi connectivity index (χ2n) is 8.60. The maximum Gasteiger partial charge on any atom is 0.643 e. The van der Waals surface area contributed by atoms with Gasteiger partial charge in [0.05, 0.1) is 5.60 Å². The molecule has 0 unspecified atom stereocenters. The molecule has 172 valence electrons. The van der Waals surface area contributed by atoms with Crippen molar-refractivity contribution in [3.8, 4) is 11.5 Å². The Kier molecular flexibility index (Phi) is 13.3. The molecule has 0 bridgehead atoms. The molecule has 4 rings (SSSR count). The van der Waals surface area contributed by atoms with Crippen molar-refractivity contribution in [3.05, 3.63) is 60.2 Å². The SMILES string of the molecule is CC1(O)CCCC1.CC1(c2ccc(O)cc2)CCCC1.Oc1ccccc1.[Cl][Al]([Cl])[Cl]. The zero-order valence-electron chi connectivity index (χ0n) is 18.4. The number of hydrogen-bond acceptors (Lipinski definition) is 3. The Balaban J connectivity index is 0.000000228. The molecule has 3 N–H and O–H groups in total. The van der Waals surface area contributed by atoms with E-state index in [9.17, 15) is 10.2 Å². The van der Waals surface area contributed by atoms with Crippen molar-refractivity contribution in [2.45, 2.75) is 76.2 Å². The van der Waals surface area contributed by atoms with E-state index in [0.717, 1.165) is 12.8 Å². The van der Waals surface area contributed by atoms with Gasteiger partial charge in [-0.2, -0.15) is 0 Å². The molecule has 2 aliphatic rings. The number of rotatable bonds is 1. The molecule has 31 heavy (non-hydrogen) atoms. The molecule has 0 atom stereocenters. The van der Waals surface area contributed by atoms with Crippen LogP contribution in [0.3, 0.4) is 0 Å². The maximum absolute atomic E-state index is 9.19. The molecule has 0 heterocycles. The highest BCUT2D eigenvalue weighted by atomic mass is 35.8. The van der Waals surface area contributed by atoms with E-state index >= 15 is 0 Å². The molecule has 0 amide bonds. The Hall–Kier alpha value is -0.598. The van der Waals surface area contributed by atoms with Crippen LogP contribution in [-0.2, 0) is 5.41 Å². The molecule has 2 aliphatic carbocycles. The lowest BCUT2D eigenvalue weighted by atomic mass is 9.81. The first-order chi connectivity index (χ1) is 14.5. The second-order valence-corrected chi connectivity index (χ2v) is 15.0. The van der Waals surface area contributed by atoms with Crippen LogP contribution in [0, 0.1) is 0 Å². The van der Waals surface area contributed by atoms with Crippen molar-refractivity contribution >= 4 is 41.5 Å². The van der Waals surface area contributed by atoms with Crippen LogP contribution in [0.25, 0.3) is 0 Å². The molecule has 0 aromatic heterocycles. The van der Waals surface area contributed by atoms with Gasteiger partial charge in [0.1, 0.15) is 11.5 Å². The Morgan fingerprint density at radius 3 is 1.39 bits per heavy atom. The van der Waals surface area contributed by atoms with Gasteiger partial charge in [0.15, 0.2) is 0 Å². The zero-order chi connectivity index (χ0) is 23.3. The lowest BCUT2D eigenvalue weighted by Crippen LogP contribution is -2.17. The summed E-state index contributed by atoms with van der Waals surface area (Å²) in [6, 6.07) is 16.4. The minimum absolute atomic E-state index is 0.306. The summed E-state index contributed by atoms with van der Waals surface area (Å²) < 4.78 is 0. The molecule has 7 heteroatoms. The van der Waals surface area contributed by atoms with Crippen molar-refractivity contribution in [1.29, 1.82) is 0 Å². The summed E-state index contributed by atoms with van der Waals surface area (Å²) in [5.41, 5.74) is 1.44. The van der Waals surface area contributed by atoms with Crippen LogP contribution < -0.4 is 0 Å². The molecule has 2 saturated carbocycles. The first-order valence-electron chi connectivity index (χ1n) is 10.7. The number of phenolic OH excluding ortho intramolecular Hbond substituents is 2. The van der Waals surface area contributed by atoms with Gasteiger partial charge in [-0.25, -0.2) is 30.1 Å². The molecule has 2 fully saturated rings. The first kappa shape index (κ1) is 28.4. The average molecular weight is 504 g/mol. The minimum Gasteiger partial charge on any atom is -0.508 e. The number of hydrogen-bond donors (Lipinski definition) is 3. The summed E-state index contributed by atoms with van der Waals surface area (Å²) in [6.45, 7) is 4.24. The fraction of sp³-hybridized carbons (Fsp3) is 0.500. The third-order valence-corrected chi connectivity index (χ3v) is 5.71. The molecule has 3 nitrogen and oxygen atoms in total. The highest BCUT2D eigenvalue weighted by molar-refractivity contribution is 7.54. The number of aliphatic hydroxyl groups is 1. The Morgan fingerprint density at radius 2 is 1.06 bits per heavy atom. The van der Waals surface area contributed by atoms with E-state index in [1.54, 1.807) is 36.4 Å². The quantitative estimate of drug-likeness (QED) is 0.351. The molecule has 0 radical (unpaired) electrons. The number of halogens is 3. The molecule has 2 aromatic carbocycles. The van der Waals surface area contributed by atoms with Crippen LogP contribution in [0.5, 0.6) is 11.5 Å². The fourth-order valence-corrected chi connectivity index (χ4v) is 3.87. The van der Waals surface area contributed by atoms with Gasteiger partial charge in [0.25, 0.3) is 0 Å². The monoisotopic (exact) mass is 502 g/mol. The lowest BCUT2D eigenvalue weighted by Gasteiger charge is -2.23. The van der Waals surface area contributed by atoms with E-state index < -0.39 is 11.4 Å². The van der Waals surface area contributed by atoms with E-state index in [4.69, 9.17) is 35.3 Å². The van der Waals surface area contributed by atoms with E-state index in [2.05, 4.69) is 19.1 Å². The second kappa shape index (κ2) is 14.5. The molecule has 0 spiro atoms. The maximum atomic E-state index is 9.19. The average Bonchev–Trinajstić information content (AvgIpc) is 3.32. The Labute approximate surface area is 204 Å². The Bertz CT molecular complexity index is 708. The van der Waals surface area contributed by atoms with Crippen molar-refractivity contribution in [1.82, 2.24) is 0 Å². The summed E-state index contributed by atoms with van der Waals surface area (Å²) in [5, 5.41) is 27.0. The summed E-state index contributed by atoms with van der Waals surface area (Å²) >= 11 is -1.72. The molecule has 0 aliphatic heterocycles. The normalized spacial score (nSPS) is 17.7. The molecular weight excluding hydrogens is 470 g/mol. The van der Waals surface area contributed by atoms with Crippen LogP contribution >= 0.6 is 30.1 Å². The molecule has 2 aromatic rings. The highest BCUT2D eigenvalue weighted by Gasteiger charge is 2.30. The van der Waals surface area contributed by atoms with Crippen LogP contribution in [0.1, 0.15) is 70.8 Å². The molecule has 0 saturated heterocycles. The van der Waals surface area contributed by atoms with E-state index in [1.165, 1.54) is 44.1 Å². The zero-order valence-corrected chi connectivity index (χ0v) is 21.8. The third kappa shape index (κ3) is 12.9. The van der Waals surface area contributed by atoms with Crippen LogP contribution in [-0.4, -0.2) is 32.3 Å². The fourth-order valence-electron chi connectivity index (χ4n) is 3.87.